The van der Waals surface area contributed by atoms with Crippen molar-refractivity contribution < 1.29 is 18.4 Å². The zero-order valence-electron chi connectivity index (χ0n) is 20.6. The summed E-state index contributed by atoms with van der Waals surface area (Å²) < 4.78 is 26.7. The van der Waals surface area contributed by atoms with E-state index >= 15 is 0 Å². The maximum atomic E-state index is 13.5. The van der Waals surface area contributed by atoms with Gasteiger partial charge < -0.3 is 10.2 Å². The number of halogens is 2. The lowest BCUT2D eigenvalue weighted by Crippen LogP contribution is -2.52. The van der Waals surface area contributed by atoms with Gasteiger partial charge in [-0.3, -0.25) is 9.59 Å². The van der Waals surface area contributed by atoms with E-state index in [1.807, 2.05) is 44.2 Å². The third kappa shape index (κ3) is 8.48. The highest BCUT2D eigenvalue weighted by molar-refractivity contribution is 7.99. The molecule has 0 fully saturated rings. The lowest BCUT2D eigenvalue weighted by atomic mass is 10.0. The van der Waals surface area contributed by atoms with Gasteiger partial charge in [-0.1, -0.05) is 61.5 Å². The second kappa shape index (κ2) is 13.8. The molecule has 4 nitrogen and oxygen atoms in total. The maximum Gasteiger partial charge on any atom is 0.243 e. The van der Waals surface area contributed by atoms with E-state index in [4.69, 9.17) is 0 Å². The van der Waals surface area contributed by atoms with E-state index in [-0.39, 0.29) is 41.8 Å². The van der Waals surface area contributed by atoms with Gasteiger partial charge in [0, 0.05) is 24.8 Å². The third-order valence-electron chi connectivity index (χ3n) is 5.95. The van der Waals surface area contributed by atoms with Crippen LogP contribution in [-0.4, -0.2) is 34.6 Å². The number of carbonyl (C=O) groups is 2. The molecule has 0 aromatic heterocycles. The van der Waals surface area contributed by atoms with Crippen LogP contribution in [-0.2, 0) is 28.3 Å². The molecule has 36 heavy (non-hydrogen) atoms. The molecule has 3 rings (SSSR count). The highest BCUT2D eigenvalue weighted by Crippen LogP contribution is 2.19. The van der Waals surface area contributed by atoms with Crippen LogP contribution in [0.2, 0.25) is 0 Å². The van der Waals surface area contributed by atoms with E-state index < -0.39 is 6.04 Å². The molecule has 0 aliphatic carbocycles. The molecule has 7 heteroatoms. The fourth-order valence-corrected chi connectivity index (χ4v) is 4.57. The Morgan fingerprint density at radius 3 is 2.03 bits per heavy atom. The molecule has 0 unspecified atom stereocenters. The van der Waals surface area contributed by atoms with Gasteiger partial charge in [0.15, 0.2) is 0 Å². The third-order valence-corrected chi connectivity index (χ3v) is 6.93. The average molecular weight is 511 g/mol. The van der Waals surface area contributed by atoms with Crippen molar-refractivity contribution in [2.45, 2.75) is 51.1 Å². The second-order valence-electron chi connectivity index (χ2n) is 8.79. The monoisotopic (exact) mass is 510 g/mol. The van der Waals surface area contributed by atoms with E-state index in [1.165, 1.54) is 36.0 Å². The Hall–Kier alpha value is -3.19. The molecule has 0 radical (unpaired) electrons. The first-order chi connectivity index (χ1) is 17.4. The van der Waals surface area contributed by atoms with Crippen molar-refractivity contribution in [3.05, 3.63) is 107 Å². The normalized spacial score (nSPS) is 12.6. The summed E-state index contributed by atoms with van der Waals surface area (Å²) in [6, 6.07) is 21.0. The molecule has 0 saturated heterocycles. The number of rotatable bonds is 12. The van der Waals surface area contributed by atoms with Crippen LogP contribution in [0.25, 0.3) is 0 Å². The second-order valence-corrected chi connectivity index (χ2v) is 9.78. The molecule has 0 spiro atoms. The molecule has 190 valence electrons. The summed E-state index contributed by atoms with van der Waals surface area (Å²) in [5.74, 6) is -0.374. The largest absolute Gasteiger partial charge is 0.352 e. The smallest absolute Gasteiger partial charge is 0.243 e. The molecule has 2 atom stereocenters. The summed E-state index contributed by atoms with van der Waals surface area (Å²) in [7, 11) is 0. The molecular weight excluding hydrogens is 478 g/mol. The first-order valence-corrected chi connectivity index (χ1v) is 13.2. The highest BCUT2D eigenvalue weighted by atomic mass is 32.2. The molecule has 0 aliphatic rings. The number of amides is 2. The van der Waals surface area contributed by atoms with E-state index in [1.54, 1.807) is 29.2 Å². The van der Waals surface area contributed by atoms with Crippen LogP contribution in [0.4, 0.5) is 8.78 Å². The van der Waals surface area contributed by atoms with Gasteiger partial charge in [0.25, 0.3) is 0 Å². The van der Waals surface area contributed by atoms with Crippen LogP contribution in [0.3, 0.4) is 0 Å². The van der Waals surface area contributed by atoms with Gasteiger partial charge in [0.1, 0.15) is 17.7 Å². The van der Waals surface area contributed by atoms with Crippen molar-refractivity contribution in [1.82, 2.24) is 10.2 Å². The van der Waals surface area contributed by atoms with Gasteiger partial charge in [-0.05, 0) is 54.3 Å². The van der Waals surface area contributed by atoms with Crippen LogP contribution in [0, 0.1) is 11.6 Å². The van der Waals surface area contributed by atoms with Crippen LogP contribution in [0.1, 0.15) is 37.0 Å². The summed E-state index contributed by atoms with van der Waals surface area (Å²) >= 11 is 1.41. The summed E-state index contributed by atoms with van der Waals surface area (Å²) in [4.78, 5) is 28.6. The zero-order chi connectivity index (χ0) is 25.9. The van der Waals surface area contributed by atoms with E-state index in [2.05, 4.69) is 5.32 Å². The summed E-state index contributed by atoms with van der Waals surface area (Å²) in [6.07, 6.45) is 1.13. The van der Waals surface area contributed by atoms with Crippen LogP contribution in [0.5, 0.6) is 0 Å². The summed E-state index contributed by atoms with van der Waals surface area (Å²) in [5.41, 5.74) is 2.59. The molecule has 0 bridgehead atoms. The Bertz CT molecular complexity index is 1110. The number of hydrogen-bond acceptors (Lipinski definition) is 3. The van der Waals surface area contributed by atoms with Gasteiger partial charge in [-0.2, -0.15) is 0 Å². The van der Waals surface area contributed by atoms with Crippen molar-refractivity contribution in [3.63, 3.8) is 0 Å². The predicted molar refractivity (Wildman–Crippen MR) is 141 cm³/mol. The fraction of sp³-hybridized carbons (Fsp3) is 0.310. The minimum absolute atomic E-state index is 0.0357. The molecule has 0 heterocycles. The first kappa shape index (κ1) is 27.4. The van der Waals surface area contributed by atoms with E-state index in [9.17, 15) is 18.4 Å². The van der Waals surface area contributed by atoms with E-state index in [0.29, 0.717) is 12.2 Å². The number of nitrogens with one attached hydrogen (secondary N) is 1. The SMILES string of the molecule is CC[C@H](C)NC(=O)[C@H](Cc1ccccc1)N(Cc1ccc(F)cc1)C(=O)CSCc1ccc(F)cc1. The Kier molecular flexibility index (Phi) is 10.5. The molecule has 3 aromatic carbocycles. The minimum atomic E-state index is -0.731. The lowest BCUT2D eigenvalue weighted by Gasteiger charge is -2.32. The van der Waals surface area contributed by atoms with Crippen LogP contribution in [0.15, 0.2) is 78.9 Å². The minimum Gasteiger partial charge on any atom is -0.352 e. The van der Waals surface area contributed by atoms with Crippen molar-refractivity contribution in [3.8, 4) is 0 Å². The average Bonchev–Trinajstić information content (AvgIpc) is 2.88. The molecule has 1 N–H and O–H groups in total. The molecule has 2 amide bonds. The highest BCUT2D eigenvalue weighted by Gasteiger charge is 2.30. The van der Waals surface area contributed by atoms with Gasteiger partial charge >= 0.3 is 0 Å². The van der Waals surface area contributed by atoms with Crippen molar-refractivity contribution in [2.24, 2.45) is 0 Å². The first-order valence-electron chi connectivity index (χ1n) is 12.1. The van der Waals surface area contributed by atoms with Crippen molar-refractivity contribution >= 4 is 23.6 Å². The number of benzene rings is 3. The Labute approximate surface area is 216 Å². The number of carbonyl (C=O) groups excluding carboxylic acids is 2. The summed E-state index contributed by atoms with van der Waals surface area (Å²) in [5, 5.41) is 3.03. The maximum absolute atomic E-state index is 13.5. The van der Waals surface area contributed by atoms with Gasteiger partial charge in [0.05, 0.1) is 5.75 Å². The van der Waals surface area contributed by atoms with Crippen molar-refractivity contribution in [1.29, 1.82) is 0 Å². The van der Waals surface area contributed by atoms with Crippen molar-refractivity contribution in [2.75, 3.05) is 5.75 Å². The Morgan fingerprint density at radius 2 is 1.44 bits per heavy atom. The quantitative estimate of drug-likeness (QED) is 0.337. The number of thioether (sulfide) groups is 1. The standard InChI is InChI=1S/C29H32F2N2O2S/c1-3-21(2)32-29(35)27(17-22-7-5-4-6-8-22)33(18-23-9-13-25(30)14-10-23)28(34)20-36-19-24-11-15-26(31)16-12-24/h4-16,21,27H,3,17-20H2,1-2H3,(H,32,35)/t21-,27-/m0/s1. The Morgan fingerprint density at radius 1 is 0.861 bits per heavy atom. The molecular formula is C29H32F2N2O2S. The van der Waals surface area contributed by atoms with Gasteiger partial charge in [-0.25, -0.2) is 8.78 Å². The number of nitrogens with zero attached hydrogens (tertiary/aromatic N) is 1. The molecule has 0 saturated carbocycles. The topological polar surface area (TPSA) is 49.4 Å². The van der Waals surface area contributed by atoms with E-state index in [0.717, 1.165) is 23.1 Å². The van der Waals surface area contributed by atoms with Crippen LogP contribution < -0.4 is 5.32 Å². The molecule has 0 aliphatic heterocycles. The number of hydrogen-bond donors (Lipinski definition) is 1. The predicted octanol–water partition coefficient (Wildman–Crippen LogP) is 5.75. The van der Waals surface area contributed by atoms with Gasteiger partial charge in [-0.15, -0.1) is 11.8 Å². The summed E-state index contributed by atoms with van der Waals surface area (Å²) in [6.45, 7) is 4.11. The fourth-order valence-electron chi connectivity index (χ4n) is 3.70. The van der Waals surface area contributed by atoms with Crippen LogP contribution >= 0.6 is 11.8 Å². The van der Waals surface area contributed by atoms with Gasteiger partial charge in [0.2, 0.25) is 11.8 Å². The zero-order valence-corrected chi connectivity index (χ0v) is 21.4. The molecule has 3 aromatic rings. The lowest BCUT2D eigenvalue weighted by molar-refractivity contribution is -0.139. The Balaban J connectivity index is 1.84.